The van der Waals surface area contributed by atoms with Gasteiger partial charge in [-0.25, -0.2) is 4.39 Å². The number of halogens is 2. The van der Waals surface area contributed by atoms with Gasteiger partial charge >= 0.3 is 5.97 Å². The predicted octanol–water partition coefficient (Wildman–Crippen LogP) is 2.38. The molecule has 0 aliphatic heterocycles. The fourth-order valence-corrected chi connectivity index (χ4v) is 1.13. The maximum absolute atomic E-state index is 13.0. The van der Waals surface area contributed by atoms with Gasteiger partial charge in [-0.3, -0.25) is 9.59 Å². The van der Waals surface area contributed by atoms with Crippen molar-refractivity contribution in [3.05, 3.63) is 34.6 Å². The van der Waals surface area contributed by atoms with Crippen molar-refractivity contribution >= 4 is 23.4 Å². The molecule has 1 unspecified atom stereocenters. The summed E-state index contributed by atoms with van der Waals surface area (Å²) in [7, 11) is 0. The number of carbonyl (C=O) groups is 2. The number of benzene rings is 1. The van der Waals surface area contributed by atoms with Crippen LogP contribution in [0.4, 0.5) is 4.39 Å². The Hall–Kier alpha value is -1.42. The number of hydrogen-bond acceptors (Lipinski definition) is 2. The van der Waals surface area contributed by atoms with Crippen LogP contribution in [0.25, 0.3) is 0 Å². The summed E-state index contributed by atoms with van der Waals surface area (Å²) in [5.41, 5.74) is 0.00630. The molecule has 0 saturated carbocycles. The molecule has 0 bridgehead atoms. The van der Waals surface area contributed by atoms with Gasteiger partial charge in [0.2, 0.25) is 0 Å². The van der Waals surface area contributed by atoms with E-state index in [1.807, 2.05) is 0 Å². The topological polar surface area (TPSA) is 54.4 Å². The van der Waals surface area contributed by atoms with E-state index in [0.29, 0.717) is 0 Å². The van der Waals surface area contributed by atoms with E-state index in [2.05, 4.69) is 0 Å². The zero-order chi connectivity index (χ0) is 11.6. The van der Waals surface area contributed by atoms with Crippen molar-refractivity contribution in [2.75, 3.05) is 0 Å². The van der Waals surface area contributed by atoms with E-state index in [0.717, 1.165) is 6.07 Å². The van der Waals surface area contributed by atoms with Gasteiger partial charge in [0.15, 0.2) is 5.78 Å². The Morgan fingerprint density at radius 3 is 2.53 bits per heavy atom. The van der Waals surface area contributed by atoms with E-state index in [9.17, 15) is 14.0 Å². The quantitative estimate of drug-likeness (QED) is 0.641. The highest BCUT2D eigenvalue weighted by Gasteiger charge is 2.22. The molecule has 0 spiro atoms. The molecule has 0 radical (unpaired) electrons. The first-order valence-electron chi connectivity index (χ1n) is 4.15. The summed E-state index contributed by atoms with van der Waals surface area (Å²) in [6.07, 6.45) is 0. The zero-order valence-corrected chi connectivity index (χ0v) is 8.58. The van der Waals surface area contributed by atoms with Crippen molar-refractivity contribution in [1.29, 1.82) is 0 Å². The average molecular weight is 231 g/mol. The number of Topliss-reactive ketones (excluding diaryl/α,β-unsaturated/α-hetero) is 1. The molecule has 5 heteroatoms. The van der Waals surface area contributed by atoms with Crippen LogP contribution in [0.5, 0.6) is 0 Å². The van der Waals surface area contributed by atoms with Crippen LogP contribution in [0.15, 0.2) is 18.2 Å². The molecule has 1 rings (SSSR count). The average Bonchev–Trinajstić information content (AvgIpc) is 2.19. The van der Waals surface area contributed by atoms with E-state index in [4.69, 9.17) is 16.7 Å². The van der Waals surface area contributed by atoms with Crippen LogP contribution >= 0.6 is 11.6 Å². The minimum Gasteiger partial charge on any atom is -0.481 e. The molecular formula is C10H8ClFO3. The Morgan fingerprint density at radius 1 is 1.47 bits per heavy atom. The molecular weight excluding hydrogens is 223 g/mol. The molecule has 0 saturated heterocycles. The molecule has 15 heavy (non-hydrogen) atoms. The van der Waals surface area contributed by atoms with Gasteiger partial charge in [0.1, 0.15) is 11.7 Å². The summed E-state index contributed by atoms with van der Waals surface area (Å²) in [6, 6.07) is 3.45. The summed E-state index contributed by atoms with van der Waals surface area (Å²) >= 11 is 5.42. The number of rotatable bonds is 3. The van der Waals surface area contributed by atoms with Crippen LogP contribution in [0.1, 0.15) is 17.3 Å². The Balaban J connectivity index is 3.02. The first-order valence-corrected chi connectivity index (χ1v) is 4.53. The van der Waals surface area contributed by atoms with Gasteiger partial charge in [-0.2, -0.15) is 0 Å². The van der Waals surface area contributed by atoms with Crippen LogP contribution < -0.4 is 0 Å². The van der Waals surface area contributed by atoms with Gasteiger partial charge in [0.05, 0.1) is 5.02 Å². The fourth-order valence-electron chi connectivity index (χ4n) is 1.01. The zero-order valence-electron chi connectivity index (χ0n) is 7.83. The number of hydrogen-bond donors (Lipinski definition) is 1. The highest BCUT2D eigenvalue weighted by molar-refractivity contribution is 6.30. The summed E-state index contributed by atoms with van der Waals surface area (Å²) in [5.74, 6) is -3.81. The molecule has 1 atom stereocenters. The predicted molar refractivity (Wildman–Crippen MR) is 52.5 cm³/mol. The van der Waals surface area contributed by atoms with Crippen LogP contribution in [-0.4, -0.2) is 16.9 Å². The maximum Gasteiger partial charge on any atom is 0.314 e. The SMILES string of the molecule is CC(C(=O)O)C(=O)c1ccc(Cl)c(F)c1. The van der Waals surface area contributed by atoms with E-state index < -0.39 is 23.5 Å². The number of carbonyl (C=O) groups excluding carboxylic acids is 1. The Morgan fingerprint density at radius 2 is 2.07 bits per heavy atom. The lowest BCUT2D eigenvalue weighted by Gasteiger charge is -2.05. The minimum absolute atomic E-state index is 0.00630. The molecule has 0 amide bonds. The normalized spacial score (nSPS) is 12.2. The number of ketones is 1. The minimum atomic E-state index is -1.24. The monoisotopic (exact) mass is 230 g/mol. The second-order valence-electron chi connectivity index (χ2n) is 3.05. The van der Waals surface area contributed by atoms with Gasteiger partial charge in [-0.15, -0.1) is 0 Å². The molecule has 0 aliphatic rings. The third-order valence-corrected chi connectivity index (χ3v) is 2.27. The van der Waals surface area contributed by atoms with Gasteiger partial charge in [0.25, 0.3) is 0 Å². The highest BCUT2D eigenvalue weighted by atomic mass is 35.5. The van der Waals surface area contributed by atoms with Crippen molar-refractivity contribution in [2.24, 2.45) is 5.92 Å². The lowest BCUT2D eigenvalue weighted by atomic mass is 10.00. The molecule has 80 valence electrons. The largest absolute Gasteiger partial charge is 0.481 e. The lowest BCUT2D eigenvalue weighted by molar-refractivity contribution is -0.139. The van der Waals surface area contributed by atoms with Crippen LogP contribution in [0, 0.1) is 11.7 Å². The third kappa shape index (κ3) is 2.53. The number of carboxylic acids is 1. The molecule has 0 heterocycles. The Labute approximate surface area is 90.5 Å². The molecule has 0 aliphatic carbocycles. The summed E-state index contributed by atoms with van der Waals surface area (Å²) in [6.45, 7) is 1.25. The van der Waals surface area contributed by atoms with Crippen LogP contribution in [0.3, 0.4) is 0 Å². The van der Waals surface area contributed by atoms with Gasteiger partial charge in [-0.05, 0) is 25.1 Å². The number of carboxylic acid groups (broad SMARTS) is 1. The van der Waals surface area contributed by atoms with Crippen molar-refractivity contribution < 1.29 is 19.1 Å². The molecule has 1 aromatic rings. The first-order chi connectivity index (χ1) is 6.93. The van der Waals surface area contributed by atoms with E-state index in [1.165, 1.54) is 19.1 Å². The highest BCUT2D eigenvalue weighted by Crippen LogP contribution is 2.17. The van der Waals surface area contributed by atoms with Crippen LogP contribution in [-0.2, 0) is 4.79 Å². The molecule has 0 aromatic heterocycles. The molecule has 3 nitrogen and oxygen atoms in total. The van der Waals surface area contributed by atoms with Crippen molar-refractivity contribution in [1.82, 2.24) is 0 Å². The second-order valence-corrected chi connectivity index (χ2v) is 3.46. The number of aliphatic carboxylic acids is 1. The van der Waals surface area contributed by atoms with Gasteiger partial charge in [0, 0.05) is 5.56 Å². The van der Waals surface area contributed by atoms with Crippen molar-refractivity contribution in [3.63, 3.8) is 0 Å². The maximum atomic E-state index is 13.0. The van der Waals surface area contributed by atoms with E-state index in [1.54, 1.807) is 0 Å². The third-order valence-electron chi connectivity index (χ3n) is 1.97. The Kier molecular flexibility index (Phi) is 3.42. The van der Waals surface area contributed by atoms with Crippen LogP contribution in [0.2, 0.25) is 5.02 Å². The molecule has 1 aromatic carbocycles. The second kappa shape index (κ2) is 4.40. The summed E-state index contributed by atoms with van der Waals surface area (Å²) < 4.78 is 13.0. The standard InChI is InChI=1S/C10H8ClFO3/c1-5(10(14)15)9(13)6-2-3-7(11)8(12)4-6/h2-5H,1H3,(H,14,15). The molecule has 1 N–H and O–H groups in total. The smallest absolute Gasteiger partial charge is 0.314 e. The van der Waals surface area contributed by atoms with Gasteiger partial charge < -0.3 is 5.11 Å². The van der Waals surface area contributed by atoms with E-state index in [-0.39, 0.29) is 10.6 Å². The summed E-state index contributed by atoms with van der Waals surface area (Å²) in [4.78, 5) is 22.0. The summed E-state index contributed by atoms with van der Waals surface area (Å²) in [5, 5.41) is 8.49. The fraction of sp³-hybridized carbons (Fsp3) is 0.200. The van der Waals surface area contributed by atoms with E-state index >= 15 is 0 Å². The Bertz CT molecular complexity index is 417. The van der Waals surface area contributed by atoms with Crippen molar-refractivity contribution in [3.8, 4) is 0 Å². The van der Waals surface area contributed by atoms with Gasteiger partial charge in [-0.1, -0.05) is 11.6 Å². The van der Waals surface area contributed by atoms with Crippen molar-refractivity contribution in [2.45, 2.75) is 6.92 Å². The lowest BCUT2D eigenvalue weighted by Crippen LogP contribution is -2.20. The first kappa shape index (κ1) is 11.7. The molecule has 0 fully saturated rings.